The van der Waals surface area contributed by atoms with Crippen molar-refractivity contribution in [3.8, 4) is 62.1 Å². The number of furan rings is 1. The van der Waals surface area contributed by atoms with Gasteiger partial charge in [-0.25, -0.2) is 15.0 Å². The van der Waals surface area contributed by atoms with E-state index in [0.717, 1.165) is 90.3 Å². The molecule has 5 nitrogen and oxygen atoms in total. The first-order valence-corrected chi connectivity index (χ1v) is 23.8. The summed E-state index contributed by atoms with van der Waals surface area (Å²) in [6.45, 7) is 0. The highest BCUT2D eigenvalue weighted by Gasteiger charge is 2.30. The van der Waals surface area contributed by atoms with Crippen LogP contribution in [0.2, 0.25) is 0 Å². The van der Waals surface area contributed by atoms with Gasteiger partial charge in [0.15, 0.2) is 17.5 Å². The number of aromatic nitrogens is 4. The molecule has 0 bridgehead atoms. The SMILES string of the molecule is c1ccc(-c2cccc(-c3nc(-c4c(C5CCc6cc7ccccc7cc6-c6ccccc65)ccc5c4oc4ccccc45)nc(-c4cccc5c6ccccc6n(-c6ccccc6)c45)n3)c2)cc1. The molecular weight excluding hydrogens is 841 g/mol. The van der Waals surface area contributed by atoms with Gasteiger partial charge >= 0.3 is 0 Å². The van der Waals surface area contributed by atoms with Crippen molar-refractivity contribution in [2.24, 2.45) is 0 Å². The summed E-state index contributed by atoms with van der Waals surface area (Å²) in [6, 6.07) is 80.2. The van der Waals surface area contributed by atoms with E-state index in [1.54, 1.807) is 0 Å². The smallest absolute Gasteiger partial charge is 0.168 e. The predicted octanol–water partition coefficient (Wildman–Crippen LogP) is 16.4. The molecule has 10 aromatic carbocycles. The number of hydrogen-bond acceptors (Lipinski definition) is 4. The Hall–Kier alpha value is -8.93. The molecule has 3 heterocycles. The lowest BCUT2D eigenvalue weighted by Gasteiger charge is -2.22. The highest BCUT2D eigenvalue weighted by Crippen LogP contribution is 2.48. The summed E-state index contributed by atoms with van der Waals surface area (Å²) in [5, 5.41) is 6.89. The molecule has 324 valence electrons. The Morgan fingerprint density at radius 1 is 0.420 bits per heavy atom. The van der Waals surface area contributed by atoms with Gasteiger partial charge < -0.3 is 8.98 Å². The van der Waals surface area contributed by atoms with Crippen LogP contribution in [0.5, 0.6) is 0 Å². The number of para-hydroxylation sites is 4. The average molecular weight is 883 g/mol. The van der Waals surface area contributed by atoms with E-state index in [1.165, 1.54) is 38.4 Å². The number of benzene rings is 10. The van der Waals surface area contributed by atoms with Gasteiger partial charge in [0, 0.05) is 44.3 Å². The van der Waals surface area contributed by atoms with Crippen LogP contribution in [0, 0.1) is 0 Å². The van der Waals surface area contributed by atoms with Crippen LogP contribution < -0.4 is 0 Å². The normalized spacial score (nSPS) is 13.5. The lowest BCUT2D eigenvalue weighted by Crippen LogP contribution is -2.08. The summed E-state index contributed by atoms with van der Waals surface area (Å²) in [5.74, 6) is 1.75. The van der Waals surface area contributed by atoms with Gasteiger partial charge in [-0.3, -0.25) is 0 Å². The van der Waals surface area contributed by atoms with Crippen LogP contribution in [0.4, 0.5) is 0 Å². The van der Waals surface area contributed by atoms with Crippen LogP contribution in [0.15, 0.2) is 229 Å². The quantitative estimate of drug-likeness (QED) is 0.167. The summed E-state index contributed by atoms with van der Waals surface area (Å²) >= 11 is 0. The Kier molecular flexibility index (Phi) is 9.02. The van der Waals surface area contributed by atoms with Gasteiger partial charge in [0.05, 0.1) is 16.6 Å². The molecule has 0 saturated heterocycles. The van der Waals surface area contributed by atoms with Crippen LogP contribution in [0.25, 0.3) is 117 Å². The molecule has 0 saturated carbocycles. The molecule has 1 atom stereocenters. The van der Waals surface area contributed by atoms with Crippen molar-refractivity contribution in [2.75, 3.05) is 0 Å². The Morgan fingerprint density at radius 2 is 1.07 bits per heavy atom. The minimum Gasteiger partial charge on any atom is -0.455 e. The maximum Gasteiger partial charge on any atom is 0.168 e. The minimum absolute atomic E-state index is 0.00144. The van der Waals surface area contributed by atoms with E-state index in [1.807, 2.05) is 6.07 Å². The maximum atomic E-state index is 7.05. The summed E-state index contributed by atoms with van der Waals surface area (Å²) in [6.07, 6.45) is 1.80. The van der Waals surface area contributed by atoms with Crippen LogP contribution >= 0.6 is 0 Å². The number of hydrogen-bond donors (Lipinski definition) is 0. The summed E-state index contributed by atoms with van der Waals surface area (Å²) < 4.78 is 9.41. The minimum atomic E-state index is -0.00144. The van der Waals surface area contributed by atoms with E-state index < -0.39 is 0 Å². The van der Waals surface area contributed by atoms with Gasteiger partial charge in [0.2, 0.25) is 0 Å². The Bertz CT molecular complexity index is 4150. The van der Waals surface area contributed by atoms with E-state index in [9.17, 15) is 0 Å². The van der Waals surface area contributed by atoms with Crippen LogP contribution in [-0.4, -0.2) is 19.5 Å². The zero-order chi connectivity index (χ0) is 45.4. The van der Waals surface area contributed by atoms with Crippen LogP contribution in [0.3, 0.4) is 0 Å². The van der Waals surface area contributed by atoms with Crippen molar-refractivity contribution in [2.45, 2.75) is 18.8 Å². The second kappa shape index (κ2) is 15.9. The zero-order valence-corrected chi connectivity index (χ0v) is 37.6. The lowest BCUT2D eigenvalue weighted by molar-refractivity contribution is 0.666. The molecule has 13 aromatic rings. The standard InChI is InChI=1S/C64H42N4O/c1-3-17-40(18-4-1)41-21-15-22-45(38-41)62-65-63(55-30-16-29-53-50-27-11-13-31-57(50)68(60(53)55)46-23-5-2-6-24-46)67-64(66-62)59-52(35-36-54-51-28-12-14-32-58(51)69-61(54)59)49-34-33-44-37-42-19-7-8-20-43(42)39-56(44)48-26-10-9-25-47(48)49/h1-32,35-39,49H,33-34H2. The fourth-order valence-corrected chi connectivity index (χ4v) is 11.1. The third kappa shape index (κ3) is 6.42. The fraction of sp³-hybridized carbons (Fsp3) is 0.0469. The van der Waals surface area contributed by atoms with Gasteiger partial charge in [-0.1, -0.05) is 182 Å². The van der Waals surface area contributed by atoms with E-state index in [-0.39, 0.29) is 5.92 Å². The largest absolute Gasteiger partial charge is 0.455 e. The van der Waals surface area contributed by atoms with Gasteiger partial charge in [0.25, 0.3) is 0 Å². The molecule has 1 aliphatic carbocycles. The summed E-state index contributed by atoms with van der Waals surface area (Å²) in [5.41, 5.74) is 16.1. The molecule has 0 aliphatic heterocycles. The molecule has 0 radical (unpaired) electrons. The van der Waals surface area contributed by atoms with Crippen molar-refractivity contribution in [3.05, 3.63) is 241 Å². The van der Waals surface area contributed by atoms with E-state index in [2.05, 4.69) is 223 Å². The van der Waals surface area contributed by atoms with Gasteiger partial charge in [-0.2, -0.15) is 0 Å². The highest BCUT2D eigenvalue weighted by atomic mass is 16.3. The molecule has 69 heavy (non-hydrogen) atoms. The van der Waals surface area contributed by atoms with Crippen molar-refractivity contribution < 1.29 is 4.42 Å². The van der Waals surface area contributed by atoms with Crippen molar-refractivity contribution in [1.29, 1.82) is 0 Å². The molecule has 3 aromatic heterocycles. The third-order valence-electron chi connectivity index (χ3n) is 14.3. The van der Waals surface area contributed by atoms with E-state index >= 15 is 0 Å². The average Bonchev–Trinajstić information content (AvgIpc) is 3.92. The fourth-order valence-electron chi connectivity index (χ4n) is 11.1. The number of nitrogens with zero attached hydrogens (tertiary/aromatic N) is 4. The van der Waals surface area contributed by atoms with E-state index in [4.69, 9.17) is 19.4 Å². The number of rotatable bonds is 6. The molecular formula is C64H42N4O. The van der Waals surface area contributed by atoms with Crippen molar-refractivity contribution in [1.82, 2.24) is 19.5 Å². The van der Waals surface area contributed by atoms with Crippen LogP contribution in [0.1, 0.15) is 29.0 Å². The Balaban J connectivity index is 1.07. The van der Waals surface area contributed by atoms with Crippen molar-refractivity contribution in [3.63, 3.8) is 0 Å². The van der Waals surface area contributed by atoms with Gasteiger partial charge in [0.1, 0.15) is 11.2 Å². The molecule has 0 fully saturated rings. The topological polar surface area (TPSA) is 56.7 Å². The lowest BCUT2D eigenvalue weighted by atomic mass is 9.82. The second-order valence-electron chi connectivity index (χ2n) is 18.2. The second-order valence-corrected chi connectivity index (χ2v) is 18.2. The Morgan fingerprint density at radius 3 is 1.96 bits per heavy atom. The Labute approximate surface area is 398 Å². The molecule has 0 N–H and O–H groups in total. The van der Waals surface area contributed by atoms with Crippen LogP contribution in [-0.2, 0) is 6.42 Å². The predicted molar refractivity (Wildman–Crippen MR) is 283 cm³/mol. The first-order chi connectivity index (χ1) is 34.2. The first kappa shape index (κ1) is 39.3. The maximum absolute atomic E-state index is 7.05. The molecule has 5 heteroatoms. The first-order valence-electron chi connectivity index (χ1n) is 23.8. The van der Waals surface area contributed by atoms with Crippen molar-refractivity contribution >= 4 is 54.5 Å². The molecule has 0 amide bonds. The summed E-state index contributed by atoms with van der Waals surface area (Å²) in [4.78, 5) is 16.7. The van der Waals surface area contributed by atoms with E-state index in [0.29, 0.717) is 17.5 Å². The molecule has 1 unspecified atom stereocenters. The number of fused-ring (bicyclic) bond motifs is 10. The monoisotopic (exact) mass is 882 g/mol. The number of aryl methyl sites for hydroxylation is 1. The third-order valence-corrected chi connectivity index (χ3v) is 14.3. The zero-order valence-electron chi connectivity index (χ0n) is 37.6. The van der Waals surface area contributed by atoms with Gasteiger partial charge in [-0.05, 0) is 105 Å². The highest BCUT2D eigenvalue weighted by molar-refractivity contribution is 6.14. The molecule has 14 rings (SSSR count). The molecule has 1 aliphatic rings. The summed E-state index contributed by atoms with van der Waals surface area (Å²) in [7, 11) is 0. The molecule has 0 spiro atoms. The van der Waals surface area contributed by atoms with Gasteiger partial charge in [-0.15, -0.1) is 0 Å².